The zero-order chi connectivity index (χ0) is 11.5. The SMILES string of the molecule is CCOc1cc(=O)c2ccccc2[nH]c1=O. The Hall–Kier alpha value is -2.10. The third kappa shape index (κ3) is 1.82. The van der Waals surface area contributed by atoms with Crippen molar-refractivity contribution < 1.29 is 4.74 Å². The Bertz CT molecular complexity index is 631. The molecule has 1 N–H and O–H groups in total. The van der Waals surface area contributed by atoms with Crippen LogP contribution in [0.1, 0.15) is 6.92 Å². The predicted octanol–water partition coefficient (Wildman–Crippen LogP) is 1.29. The van der Waals surface area contributed by atoms with E-state index in [0.29, 0.717) is 17.5 Å². The second-order valence-electron chi connectivity index (χ2n) is 3.31. The molecule has 0 atom stereocenters. The van der Waals surface area contributed by atoms with Gasteiger partial charge < -0.3 is 9.72 Å². The van der Waals surface area contributed by atoms with Crippen LogP contribution in [0.4, 0.5) is 0 Å². The van der Waals surface area contributed by atoms with Crippen molar-refractivity contribution in [3.05, 3.63) is 50.9 Å². The van der Waals surface area contributed by atoms with E-state index in [4.69, 9.17) is 4.74 Å². The first-order valence-electron chi connectivity index (χ1n) is 5.01. The lowest BCUT2D eigenvalue weighted by Crippen LogP contribution is -2.08. The van der Waals surface area contributed by atoms with Gasteiger partial charge in [-0.3, -0.25) is 9.59 Å². The van der Waals surface area contributed by atoms with E-state index in [1.165, 1.54) is 6.07 Å². The topological polar surface area (TPSA) is 59.2 Å². The van der Waals surface area contributed by atoms with Crippen LogP contribution in [0.5, 0.6) is 5.75 Å². The van der Waals surface area contributed by atoms with Gasteiger partial charge in [0.2, 0.25) is 0 Å². The van der Waals surface area contributed by atoms with Crippen LogP contribution in [0.3, 0.4) is 0 Å². The third-order valence-corrected chi connectivity index (χ3v) is 2.23. The van der Waals surface area contributed by atoms with Gasteiger partial charge in [0.1, 0.15) is 0 Å². The fraction of sp³-hybridized carbons (Fsp3) is 0.167. The number of hydrogen-bond donors (Lipinski definition) is 1. The van der Waals surface area contributed by atoms with Crippen LogP contribution in [-0.2, 0) is 0 Å². The van der Waals surface area contributed by atoms with E-state index in [1.807, 2.05) is 0 Å². The van der Waals surface area contributed by atoms with E-state index < -0.39 is 0 Å². The Morgan fingerprint density at radius 2 is 2.00 bits per heavy atom. The van der Waals surface area contributed by atoms with Crippen LogP contribution in [0.25, 0.3) is 10.9 Å². The summed E-state index contributed by atoms with van der Waals surface area (Å²) in [5.74, 6) is 0.0590. The number of aromatic amines is 1. The smallest absolute Gasteiger partial charge is 0.290 e. The molecule has 1 heterocycles. The van der Waals surface area contributed by atoms with Crippen LogP contribution >= 0.6 is 0 Å². The van der Waals surface area contributed by atoms with Crippen LogP contribution in [0, 0.1) is 0 Å². The Morgan fingerprint density at radius 1 is 1.25 bits per heavy atom. The lowest BCUT2D eigenvalue weighted by molar-refractivity contribution is 0.336. The number of aromatic nitrogens is 1. The van der Waals surface area contributed by atoms with Crippen LogP contribution < -0.4 is 15.7 Å². The molecule has 0 saturated heterocycles. The second kappa shape index (κ2) is 4.18. The van der Waals surface area contributed by atoms with Crippen molar-refractivity contribution in [1.82, 2.24) is 4.98 Å². The molecule has 1 aromatic carbocycles. The van der Waals surface area contributed by atoms with E-state index in [1.54, 1.807) is 31.2 Å². The molecule has 2 rings (SSSR count). The minimum Gasteiger partial charge on any atom is -0.488 e. The lowest BCUT2D eigenvalue weighted by Gasteiger charge is -1.95. The average Bonchev–Trinajstić information content (AvgIpc) is 2.39. The zero-order valence-electron chi connectivity index (χ0n) is 8.82. The third-order valence-electron chi connectivity index (χ3n) is 2.23. The molecule has 0 bridgehead atoms. The monoisotopic (exact) mass is 217 g/mol. The van der Waals surface area contributed by atoms with Gasteiger partial charge in [-0.2, -0.15) is 0 Å². The lowest BCUT2D eigenvalue weighted by atomic mass is 10.2. The van der Waals surface area contributed by atoms with Gasteiger partial charge in [-0.1, -0.05) is 12.1 Å². The molecule has 0 fully saturated rings. The minimum absolute atomic E-state index is 0.0590. The Kier molecular flexibility index (Phi) is 2.72. The number of para-hydroxylation sites is 1. The summed E-state index contributed by atoms with van der Waals surface area (Å²) in [5, 5.41) is 0.477. The number of H-pyrrole nitrogens is 1. The van der Waals surface area contributed by atoms with Crippen LogP contribution in [0.15, 0.2) is 39.9 Å². The van der Waals surface area contributed by atoms with Crippen molar-refractivity contribution in [3.8, 4) is 5.75 Å². The zero-order valence-corrected chi connectivity index (χ0v) is 8.82. The molecule has 4 heteroatoms. The molecule has 0 spiro atoms. The molecule has 1 aromatic heterocycles. The summed E-state index contributed by atoms with van der Waals surface area (Å²) in [6.45, 7) is 2.11. The highest BCUT2D eigenvalue weighted by Crippen LogP contribution is 2.05. The van der Waals surface area contributed by atoms with Crippen LogP contribution in [-0.4, -0.2) is 11.6 Å². The molecule has 0 aliphatic rings. The van der Waals surface area contributed by atoms with Gasteiger partial charge in [-0.25, -0.2) is 0 Å². The van der Waals surface area contributed by atoms with Gasteiger partial charge in [-0.15, -0.1) is 0 Å². The van der Waals surface area contributed by atoms with Crippen LogP contribution in [0.2, 0.25) is 0 Å². The average molecular weight is 217 g/mol. The van der Waals surface area contributed by atoms with E-state index in [0.717, 1.165) is 0 Å². The summed E-state index contributed by atoms with van der Waals surface area (Å²) in [4.78, 5) is 26.1. The Labute approximate surface area is 91.5 Å². The van der Waals surface area contributed by atoms with Crippen molar-refractivity contribution in [1.29, 1.82) is 0 Å². The number of rotatable bonds is 2. The fourth-order valence-corrected chi connectivity index (χ4v) is 1.52. The maximum Gasteiger partial charge on any atom is 0.290 e. The highest BCUT2D eigenvalue weighted by molar-refractivity contribution is 5.77. The Balaban J connectivity index is 2.87. The number of benzene rings is 1. The van der Waals surface area contributed by atoms with Crippen molar-refractivity contribution in [2.75, 3.05) is 6.61 Å². The molecule has 0 saturated carbocycles. The minimum atomic E-state index is -0.389. The molecule has 0 unspecified atom stereocenters. The molecule has 0 amide bonds. The van der Waals surface area contributed by atoms with E-state index in [9.17, 15) is 9.59 Å². The summed E-state index contributed by atoms with van der Waals surface area (Å²) < 4.78 is 5.10. The quantitative estimate of drug-likeness (QED) is 0.824. The number of hydrogen-bond acceptors (Lipinski definition) is 3. The second-order valence-corrected chi connectivity index (χ2v) is 3.31. The maximum atomic E-state index is 11.8. The summed E-state index contributed by atoms with van der Waals surface area (Å²) >= 11 is 0. The van der Waals surface area contributed by atoms with E-state index in [-0.39, 0.29) is 16.7 Å². The van der Waals surface area contributed by atoms with Gasteiger partial charge in [0.15, 0.2) is 11.2 Å². The van der Waals surface area contributed by atoms with Gasteiger partial charge >= 0.3 is 0 Å². The molecular formula is C12H11NO3. The number of ether oxygens (including phenoxy) is 1. The normalized spacial score (nSPS) is 10.3. The number of fused-ring (bicyclic) bond motifs is 1. The summed E-state index contributed by atoms with van der Waals surface area (Å²) in [6.07, 6.45) is 0. The molecule has 0 aliphatic carbocycles. The summed E-state index contributed by atoms with van der Waals surface area (Å²) in [6, 6.07) is 8.10. The largest absolute Gasteiger partial charge is 0.488 e. The first-order chi connectivity index (χ1) is 7.72. The van der Waals surface area contributed by atoms with E-state index >= 15 is 0 Å². The predicted molar refractivity (Wildman–Crippen MR) is 62.0 cm³/mol. The summed E-state index contributed by atoms with van der Waals surface area (Å²) in [5.41, 5.74) is -0.0963. The highest BCUT2D eigenvalue weighted by Gasteiger charge is 2.03. The van der Waals surface area contributed by atoms with Crippen molar-refractivity contribution in [2.45, 2.75) is 6.92 Å². The van der Waals surface area contributed by atoms with Gasteiger partial charge in [-0.05, 0) is 19.1 Å². The summed E-state index contributed by atoms with van der Waals surface area (Å²) in [7, 11) is 0. The highest BCUT2D eigenvalue weighted by atomic mass is 16.5. The molecule has 4 nitrogen and oxygen atoms in total. The van der Waals surface area contributed by atoms with Crippen molar-refractivity contribution in [3.63, 3.8) is 0 Å². The first-order valence-corrected chi connectivity index (χ1v) is 5.01. The van der Waals surface area contributed by atoms with Crippen molar-refractivity contribution >= 4 is 10.9 Å². The van der Waals surface area contributed by atoms with Gasteiger partial charge in [0.05, 0.1) is 12.1 Å². The molecular weight excluding hydrogens is 206 g/mol. The van der Waals surface area contributed by atoms with E-state index in [2.05, 4.69) is 4.98 Å². The fourth-order valence-electron chi connectivity index (χ4n) is 1.52. The molecule has 16 heavy (non-hydrogen) atoms. The number of nitrogens with one attached hydrogen (secondary N) is 1. The van der Waals surface area contributed by atoms with Gasteiger partial charge in [0, 0.05) is 11.5 Å². The Morgan fingerprint density at radius 3 is 2.75 bits per heavy atom. The van der Waals surface area contributed by atoms with Crippen molar-refractivity contribution in [2.24, 2.45) is 0 Å². The standard InChI is InChI=1S/C12H11NO3/c1-2-16-11-7-10(14)8-5-3-4-6-9(8)13-12(11)15/h3-7H,2H2,1H3,(H,13,15). The maximum absolute atomic E-state index is 11.8. The first kappa shape index (κ1) is 10.4. The molecule has 2 aromatic rings. The molecule has 82 valence electrons. The molecule has 0 radical (unpaired) electrons. The van der Waals surface area contributed by atoms with Gasteiger partial charge in [0.25, 0.3) is 5.56 Å². The molecule has 0 aliphatic heterocycles.